The molecule has 0 aliphatic carbocycles. The number of carbonyl (C=O) groups is 3. The lowest BCUT2D eigenvalue weighted by Gasteiger charge is -2.18. The minimum atomic E-state index is -0.673. The third-order valence-corrected chi connectivity index (χ3v) is 5.51. The Morgan fingerprint density at radius 2 is 1.93 bits per heavy atom. The summed E-state index contributed by atoms with van der Waals surface area (Å²) >= 11 is 12.2. The number of nitrogens with one attached hydrogen (secondary N) is 1. The van der Waals surface area contributed by atoms with E-state index in [1.165, 1.54) is 4.90 Å². The molecule has 1 aliphatic heterocycles. The highest BCUT2D eigenvalue weighted by atomic mass is 35.5. The van der Waals surface area contributed by atoms with Crippen LogP contribution < -0.4 is 10.2 Å². The molecule has 1 atom stereocenters. The van der Waals surface area contributed by atoms with E-state index in [4.69, 9.17) is 27.9 Å². The Labute approximate surface area is 178 Å². The van der Waals surface area contributed by atoms with Gasteiger partial charge in [0.15, 0.2) is 6.61 Å². The molecule has 0 spiro atoms. The first kappa shape index (κ1) is 21.1. The monoisotopic (exact) mass is 434 g/mol. The third kappa shape index (κ3) is 4.89. The Bertz CT molecular complexity index is 948. The summed E-state index contributed by atoms with van der Waals surface area (Å²) in [5.74, 6) is -1.96. The van der Waals surface area contributed by atoms with Gasteiger partial charge in [0.25, 0.3) is 5.91 Å². The van der Waals surface area contributed by atoms with Gasteiger partial charge in [0.1, 0.15) is 0 Å². The average molecular weight is 435 g/mol. The number of rotatable bonds is 6. The summed E-state index contributed by atoms with van der Waals surface area (Å²) in [6.45, 7) is 1.69. The van der Waals surface area contributed by atoms with Gasteiger partial charge in [-0.25, -0.2) is 0 Å². The molecule has 1 fully saturated rings. The summed E-state index contributed by atoms with van der Waals surface area (Å²) in [4.78, 5) is 38.2. The SMILES string of the molecule is CCc1ccccc1NC(=O)COC(=O)[C@@H]1CC(=O)N(c2cccc(Cl)c2Cl)C1. The number of aryl methyl sites for hydroxylation is 1. The number of benzene rings is 2. The number of amides is 2. The summed E-state index contributed by atoms with van der Waals surface area (Å²) in [7, 11) is 0. The third-order valence-electron chi connectivity index (χ3n) is 4.70. The Morgan fingerprint density at radius 1 is 1.17 bits per heavy atom. The number of halogens is 2. The van der Waals surface area contributed by atoms with Crippen molar-refractivity contribution in [2.45, 2.75) is 19.8 Å². The molecule has 2 aromatic carbocycles. The number of anilines is 2. The molecule has 1 aliphatic rings. The molecule has 1 N–H and O–H groups in total. The van der Waals surface area contributed by atoms with E-state index in [9.17, 15) is 14.4 Å². The van der Waals surface area contributed by atoms with Crippen molar-refractivity contribution in [2.75, 3.05) is 23.4 Å². The predicted octanol–water partition coefficient (Wildman–Crippen LogP) is 4.09. The highest BCUT2D eigenvalue weighted by Gasteiger charge is 2.37. The van der Waals surface area contributed by atoms with Gasteiger partial charge in [-0.15, -0.1) is 0 Å². The van der Waals surface area contributed by atoms with Gasteiger partial charge in [-0.2, -0.15) is 0 Å². The molecule has 0 unspecified atom stereocenters. The number of nitrogens with zero attached hydrogens (tertiary/aromatic N) is 1. The van der Waals surface area contributed by atoms with Crippen LogP contribution in [0.4, 0.5) is 11.4 Å². The molecule has 152 valence electrons. The van der Waals surface area contributed by atoms with Crippen LogP contribution in [0.25, 0.3) is 0 Å². The smallest absolute Gasteiger partial charge is 0.311 e. The lowest BCUT2D eigenvalue weighted by molar-refractivity contribution is -0.151. The highest BCUT2D eigenvalue weighted by Crippen LogP contribution is 2.35. The zero-order valence-electron chi connectivity index (χ0n) is 15.8. The molecule has 0 bridgehead atoms. The summed E-state index contributed by atoms with van der Waals surface area (Å²) < 4.78 is 5.13. The van der Waals surface area contributed by atoms with Crippen LogP contribution in [-0.2, 0) is 25.5 Å². The maximum atomic E-state index is 12.4. The van der Waals surface area contributed by atoms with Crippen molar-refractivity contribution >= 4 is 52.4 Å². The number of ether oxygens (including phenoxy) is 1. The van der Waals surface area contributed by atoms with Crippen LogP contribution in [0.1, 0.15) is 18.9 Å². The molecule has 6 nitrogen and oxygen atoms in total. The van der Waals surface area contributed by atoms with Crippen LogP contribution in [0.2, 0.25) is 10.0 Å². The van der Waals surface area contributed by atoms with Crippen molar-refractivity contribution in [1.82, 2.24) is 0 Å². The average Bonchev–Trinajstić information content (AvgIpc) is 3.10. The van der Waals surface area contributed by atoms with Crippen LogP contribution >= 0.6 is 23.2 Å². The maximum Gasteiger partial charge on any atom is 0.311 e. The molecule has 3 rings (SSSR count). The first-order valence-corrected chi connectivity index (χ1v) is 9.95. The standard InChI is InChI=1S/C21H20Cl2N2O4/c1-2-13-6-3-4-8-16(13)24-18(26)12-29-21(28)14-10-19(27)25(11-14)17-9-5-7-15(22)20(17)23/h3-9,14H,2,10-12H2,1H3,(H,24,26)/t14-/m1/s1. The zero-order chi connectivity index (χ0) is 21.0. The number of carbonyl (C=O) groups excluding carboxylic acids is 3. The molecule has 2 amide bonds. The number of esters is 1. The van der Waals surface area contributed by atoms with Crippen LogP contribution in [0.5, 0.6) is 0 Å². The van der Waals surface area contributed by atoms with Crippen LogP contribution in [0.15, 0.2) is 42.5 Å². The Morgan fingerprint density at radius 3 is 2.69 bits per heavy atom. The fourth-order valence-corrected chi connectivity index (χ4v) is 3.59. The maximum absolute atomic E-state index is 12.4. The largest absolute Gasteiger partial charge is 0.455 e. The minimum Gasteiger partial charge on any atom is -0.455 e. The molecule has 0 aromatic heterocycles. The summed E-state index contributed by atoms with van der Waals surface area (Å²) in [6.07, 6.45) is 0.754. The molecule has 29 heavy (non-hydrogen) atoms. The van der Waals surface area contributed by atoms with Crippen LogP contribution in [0, 0.1) is 5.92 Å². The second kappa shape index (κ2) is 9.29. The van der Waals surface area contributed by atoms with Crippen LogP contribution in [0.3, 0.4) is 0 Å². The fraction of sp³-hybridized carbons (Fsp3) is 0.286. The molecular formula is C21H20Cl2N2O4. The predicted molar refractivity (Wildman–Crippen MR) is 112 cm³/mol. The van der Waals surface area contributed by atoms with E-state index in [0.29, 0.717) is 16.4 Å². The Hall–Kier alpha value is -2.57. The molecule has 2 aromatic rings. The van der Waals surface area contributed by atoms with Crippen molar-refractivity contribution in [3.05, 3.63) is 58.1 Å². The van der Waals surface area contributed by atoms with E-state index in [1.54, 1.807) is 24.3 Å². The van der Waals surface area contributed by atoms with Gasteiger partial charge in [-0.3, -0.25) is 14.4 Å². The summed E-state index contributed by atoms with van der Waals surface area (Å²) in [5.41, 5.74) is 2.13. The molecular weight excluding hydrogens is 415 g/mol. The van der Waals surface area contributed by atoms with Gasteiger partial charge < -0.3 is 15.0 Å². The second-order valence-corrected chi connectivity index (χ2v) is 7.43. The van der Waals surface area contributed by atoms with E-state index >= 15 is 0 Å². The number of hydrogen-bond acceptors (Lipinski definition) is 4. The van der Waals surface area contributed by atoms with Gasteiger partial charge in [0.05, 0.1) is 21.7 Å². The number of para-hydroxylation sites is 1. The van der Waals surface area contributed by atoms with Gasteiger partial charge in [0.2, 0.25) is 5.91 Å². The van der Waals surface area contributed by atoms with E-state index in [0.717, 1.165) is 12.0 Å². The Kier molecular flexibility index (Phi) is 6.77. The minimum absolute atomic E-state index is 0.0119. The van der Waals surface area contributed by atoms with Crippen molar-refractivity contribution in [2.24, 2.45) is 5.92 Å². The molecule has 0 saturated carbocycles. The molecule has 1 heterocycles. The lowest BCUT2D eigenvalue weighted by atomic mass is 10.1. The van der Waals surface area contributed by atoms with E-state index in [-0.39, 0.29) is 23.9 Å². The van der Waals surface area contributed by atoms with Gasteiger partial charge in [-0.05, 0) is 30.2 Å². The molecule has 0 radical (unpaired) electrons. The van der Waals surface area contributed by atoms with E-state index in [1.807, 2.05) is 25.1 Å². The second-order valence-electron chi connectivity index (χ2n) is 6.64. The van der Waals surface area contributed by atoms with Crippen molar-refractivity contribution in [1.29, 1.82) is 0 Å². The van der Waals surface area contributed by atoms with E-state index < -0.39 is 24.4 Å². The summed E-state index contributed by atoms with van der Waals surface area (Å²) in [6, 6.07) is 12.4. The van der Waals surface area contributed by atoms with Gasteiger partial charge >= 0.3 is 5.97 Å². The van der Waals surface area contributed by atoms with Gasteiger partial charge in [-0.1, -0.05) is 54.4 Å². The van der Waals surface area contributed by atoms with Crippen LogP contribution in [-0.4, -0.2) is 30.9 Å². The fourth-order valence-electron chi connectivity index (χ4n) is 3.19. The van der Waals surface area contributed by atoms with Gasteiger partial charge in [0, 0.05) is 18.7 Å². The van der Waals surface area contributed by atoms with Crippen molar-refractivity contribution < 1.29 is 19.1 Å². The molecule has 1 saturated heterocycles. The number of hydrogen-bond donors (Lipinski definition) is 1. The zero-order valence-corrected chi connectivity index (χ0v) is 17.3. The summed E-state index contributed by atoms with van der Waals surface area (Å²) in [5, 5.41) is 3.32. The first-order valence-electron chi connectivity index (χ1n) is 9.19. The normalized spacial score (nSPS) is 16.0. The highest BCUT2D eigenvalue weighted by molar-refractivity contribution is 6.44. The molecule has 8 heteroatoms. The topological polar surface area (TPSA) is 75.7 Å². The first-order chi connectivity index (χ1) is 13.9. The lowest BCUT2D eigenvalue weighted by Crippen LogP contribution is -2.28. The Balaban J connectivity index is 1.57. The quantitative estimate of drug-likeness (QED) is 0.694. The van der Waals surface area contributed by atoms with Crippen molar-refractivity contribution in [3.63, 3.8) is 0 Å². The van der Waals surface area contributed by atoms with E-state index in [2.05, 4.69) is 5.32 Å². The van der Waals surface area contributed by atoms with Crippen molar-refractivity contribution in [3.8, 4) is 0 Å².